The number of nitrogens with zero attached hydrogens (tertiary/aromatic N) is 3. The van der Waals surface area contributed by atoms with Gasteiger partial charge in [0.15, 0.2) is 0 Å². The number of likely N-dealkylation sites (tertiary alicyclic amines) is 1. The molecule has 6 nitrogen and oxygen atoms in total. The summed E-state index contributed by atoms with van der Waals surface area (Å²) >= 11 is 0. The average Bonchev–Trinajstić information content (AvgIpc) is 3.22. The van der Waals surface area contributed by atoms with Gasteiger partial charge in [-0.3, -0.25) is 14.5 Å². The maximum absolute atomic E-state index is 13.4. The molecule has 1 unspecified atom stereocenters. The molecule has 0 radical (unpaired) electrons. The van der Waals surface area contributed by atoms with Crippen LogP contribution in [0.25, 0.3) is 0 Å². The minimum absolute atomic E-state index is 0.0759. The van der Waals surface area contributed by atoms with Gasteiger partial charge in [0.05, 0.1) is 18.7 Å². The molecule has 0 aromatic heterocycles. The summed E-state index contributed by atoms with van der Waals surface area (Å²) in [7, 11) is 1.97. The second kappa shape index (κ2) is 9.38. The lowest BCUT2D eigenvalue weighted by Gasteiger charge is -2.54. The number of β-amino-alcohol motifs (C(OH)–C–C–N with tert-alkyl or cyclic N) is 1. The fraction of sp³-hybridized carbons (Fsp3) is 0.920. The second-order valence-corrected chi connectivity index (χ2v) is 11.2. The van der Waals surface area contributed by atoms with Crippen molar-refractivity contribution in [3.05, 3.63) is 0 Å². The molecule has 2 atom stereocenters. The summed E-state index contributed by atoms with van der Waals surface area (Å²) < 4.78 is 0. The Morgan fingerprint density at radius 3 is 2.45 bits per heavy atom. The molecule has 2 saturated heterocycles. The fourth-order valence-electron chi connectivity index (χ4n) is 6.93. The maximum Gasteiger partial charge on any atom is 0.236 e. The van der Waals surface area contributed by atoms with Crippen molar-refractivity contribution in [1.29, 1.82) is 0 Å². The molecule has 2 heterocycles. The summed E-state index contributed by atoms with van der Waals surface area (Å²) in [5.41, 5.74) is -1.13. The van der Waals surface area contributed by atoms with Crippen LogP contribution in [0.5, 0.6) is 0 Å². The number of carbonyl (C=O) groups excluding carboxylic acids is 2. The van der Waals surface area contributed by atoms with E-state index < -0.39 is 5.60 Å². The zero-order chi connectivity index (χ0) is 22.1. The van der Waals surface area contributed by atoms with Crippen LogP contribution < -0.4 is 0 Å². The number of carbonyl (C=O) groups is 2. The Morgan fingerprint density at radius 2 is 1.77 bits per heavy atom. The standard InChI is InChI=1S/C25H43N3O3/c1-20(16-21-8-4-3-5-9-21)23(30)28-13-12-25(31,24(18-28)10-6-7-11-24)19-27-15-14-26(2)17-22(27)29/h20-21,31H,3-19H2,1-2H3/t20-,25?/m1/s1. The van der Waals surface area contributed by atoms with Crippen molar-refractivity contribution in [3.63, 3.8) is 0 Å². The Hall–Kier alpha value is -1.14. The highest BCUT2D eigenvalue weighted by molar-refractivity contribution is 5.79. The number of hydrogen-bond acceptors (Lipinski definition) is 4. The molecule has 176 valence electrons. The van der Waals surface area contributed by atoms with Gasteiger partial charge >= 0.3 is 0 Å². The molecule has 6 heteroatoms. The SMILES string of the molecule is C[C@H](CC1CCCCC1)C(=O)N1CCC(O)(CN2CCN(C)CC2=O)C2(CCCC2)C1. The molecule has 2 aliphatic carbocycles. The molecule has 0 aromatic carbocycles. The lowest BCUT2D eigenvalue weighted by molar-refractivity contribution is -0.171. The first-order valence-corrected chi connectivity index (χ1v) is 12.8. The minimum atomic E-state index is -0.877. The van der Waals surface area contributed by atoms with Crippen LogP contribution in [0.2, 0.25) is 0 Å². The summed E-state index contributed by atoms with van der Waals surface area (Å²) in [6.07, 6.45) is 12.3. The Bertz CT molecular complexity index is 656. The second-order valence-electron chi connectivity index (χ2n) is 11.2. The van der Waals surface area contributed by atoms with Crippen LogP contribution in [0.1, 0.15) is 77.6 Å². The number of piperidine rings is 1. The van der Waals surface area contributed by atoms with Gasteiger partial charge in [-0.25, -0.2) is 0 Å². The van der Waals surface area contributed by atoms with Gasteiger partial charge in [0, 0.05) is 37.5 Å². The van der Waals surface area contributed by atoms with Crippen LogP contribution in [0.3, 0.4) is 0 Å². The number of rotatable bonds is 5. The third kappa shape index (κ3) is 4.80. The third-order valence-electron chi connectivity index (χ3n) is 8.94. The zero-order valence-electron chi connectivity index (χ0n) is 19.8. The predicted molar refractivity (Wildman–Crippen MR) is 121 cm³/mol. The predicted octanol–water partition coefficient (Wildman–Crippen LogP) is 2.89. The number of piperazine rings is 1. The van der Waals surface area contributed by atoms with Gasteiger partial charge in [-0.05, 0) is 38.6 Å². The van der Waals surface area contributed by atoms with Gasteiger partial charge in [0.2, 0.25) is 11.8 Å². The van der Waals surface area contributed by atoms with E-state index in [1.807, 2.05) is 16.8 Å². The van der Waals surface area contributed by atoms with E-state index in [-0.39, 0.29) is 23.1 Å². The molecule has 4 fully saturated rings. The largest absolute Gasteiger partial charge is 0.387 e. The van der Waals surface area contributed by atoms with Crippen molar-refractivity contribution >= 4 is 11.8 Å². The number of likely N-dealkylation sites (N-methyl/N-ethyl adjacent to an activating group) is 1. The Kier molecular flexibility index (Phi) is 6.97. The van der Waals surface area contributed by atoms with Crippen molar-refractivity contribution in [2.45, 2.75) is 83.2 Å². The Labute approximate surface area is 188 Å². The first kappa shape index (κ1) is 23.0. The van der Waals surface area contributed by atoms with E-state index in [1.165, 1.54) is 32.1 Å². The smallest absolute Gasteiger partial charge is 0.236 e. The van der Waals surface area contributed by atoms with Crippen LogP contribution in [-0.2, 0) is 9.59 Å². The van der Waals surface area contributed by atoms with E-state index in [4.69, 9.17) is 0 Å². The van der Waals surface area contributed by atoms with E-state index in [1.54, 1.807) is 0 Å². The van der Waals surface area contributed by atoms with E-state index in [9.17, 15) is 14.7 Å². The maximum atomic E-state index is 13.4. The normalized spacial score (nSPS) is 31.4. The summed E-state index contributed by atoms with van der Waals surface area (Å²) in [4.78, 5) is 32.0. The van der Waals surface area contributed by atoms with Gasteiger partial charge in [0.25, 0.3) is 0 Å². The molecule has 2 aliphatic heterocycles. The zero-order valence-corrected chi connectivity index (χ0v) is 19.8. The van der Waals surface area contributed by atoms with E-state index in [0.29, 0.717) is 45.1 Å². The Balaban J connectivity index is 1.42. The lowest BCUT2D eigenvalue weighted by Crippen LogP contribution is -2.66. The highest BCUT2D eigenvalue weighted by Gasteiger charge is 2.56. The van der Waals surface area contributed by atoms with Crippen molar-refractivity contribution in [1.82, 2.24) is 14.7 Å². The average molecular weight is 434 g/mol. The fourth-order valence-corrected chi connectivity index (χ4v) is 6.93. The van der Waals surface area contributed by atoms with Crippen LogP contribution >= 0.6 is 0 Å². The van der Waals surface area contributed by atoms with E-state index in [0.717, 1.165) is 38.6 Å². The molecule has 2 amide bonds. The van der Waals surface area contributed by atoms with Gasteiger partial charge in [-0.1, -0.05) is 51.9 Å². The van der Waals surface area contributed by atoms with E-state index in [2.05, 4.69) is 11.8 Å². The van der Waals surface area contributed by atoms with Crippen LogP contribution in [-0.4, -0.2) is 83.5 Å². The van der Waals surface area contributed by atoms with Crippen molar-refractivity contribution in [2.24, 2.45) is 17.3 Å². The van der Waals surface area contributed by atoms with Crippen LogP contribution in [0.15, 0.2) is 0 Å². The summed E-state index contributed by atoms with van der Waals surface area (Å²) in [5.74, 6) is 1.19. The highest BCUT2D eigenvalue weighted by atomic mass is 16.3. The molecule has 0 aromatic rings. The lowest BCUT2D eigenvalue weighted by atomic mass is 9.65. The number of hydrogen-bond donors (Lipinski definition) is 1. The van der Waals surface area contributed by atoms with Gasteiger partial charge in [0.1, 0.15) is 0 Å². The number of aliphatic hydroxyl groups is 1. The summed E-state index contributed by atoms with van der Waals surface area (Å²) in [5, 5.41) is 11.9. The monoisotopic (exact) mass is 433 g/mol. The molecular weight excluding hydrogens is 390 g/mol. The van der Waals surface area contributed by atoms with Crippen molar-refractivity contribution in [3.8, 4) is 0 Å². The quantitative estimate of drug-likeness (QED) is 0.724. The van der Waals surface area contributed by atoms with Gasteiger partial charge in [-0.2, -0.15) is 0 Å². The molecule has 4 aliphatic rings. The molecule has 1 N–H and O–H groups in total. The molecule has 4 rings (SSSR count). The summed E-state index contributed by atoms with van der Waals surface area (Å²) in [6, 6.07) is 0. The van der Waals surface area contributed by atoms with Gasteiger partial charge < -0.3 is 14.9 Å². The van der Waals surface area contributed by atoms with Crippen molar-refractivity contribution < 1.29 is 14.7 Å². The molecule has 2 saturated carbocycles. The van der Waals surface area contributed by atoms with Gasteiger partial charge in [-0.15, -0.1) is 0 Å². The first-order chi connectivity index (χ1) is 14.8. The topological polar surface area (TPSA) is 64.1 Å². The molecular formula is C25H43N3O3. The van der Waals surface area contributed by atoms with E-state index >= 15 is 0 Å². The minimum Gasteiger partial charge on any atom is -0.387 e. The highest BCUT2D eigenvalue weighted by Crippen LogP contribution is 2.51. The molecule has 31 heavy (non-hydrogen) atoms. The molecule has 1 spiro atoms. The third-order valence-corrected chi connectivity index (χ3v) is 8.94. The molecule has 0 bridgehead atoms. The first-order valence-electron chi connectivity index (χ1n) is 12.8. The Morgan fingerprint density at radius 1 is 1.06 bits per heavy atom. The van der Waals surface area contributed by atoms with Crippen LogP contribution in [0, 0.1) is 17.3 Å². The van der Waals surface area contributed by atoms with Crippen LogP contribution in [0.4, 0.5) is 0 Å². The summed E-state index contributed by atoms with van der Waals surface area (Å²) in [6.45, 7) is 5.81. The number of amides is 2. The van der Waals surface area contributed by atoms with Crippen molar-refractivity contribution in [2.75, 3.05) is 46.3 Å².